The summed E-state index contributed by atoms with van der Waals surface area (Å²) in [5.74, 6) is 1.63. The van der Waals surface area contributed by atoms with E-state index in [0.717, 1.165) is 51.0 Å². The molecule has 2 aliphatic rings. The molecule has 19 heavy (non-hydrogen) atoms. The van der Waals surface area contributed by atoms with Crippen molar-refractivity contribution >= 4 is 0 Å². The van der Waals surface area contributed by atoms with Gasteiger partial charge in [-0.3, -0.25) is 0 Å². The molecule has 112 valence electrons. The molecule has 0 radical (unpaired) electrons. The van der Waals surface area contributed by atoms with Crippen LogP contribution in [-0.4, -0.2) is 38.0 Å². The Hall–Kier alpha value is -0.120. The van der Waals surface area contributed by atoms with Crippen molar-refractivity contribution in [1.82, 2.24) is 5.32 Å². The SMILES string of the molecule is CC(C)NCCC(C)C1CCOC2(CCOCC2)C1. The molecule has 2 rings (SSSR count). The first kappa shape index (κ1) is 15.3. The molecule has 3 nitrogen and oxygen atoms in total. The van der Waals surface area contributed by atoms with E-state index >= 15 is 0 Å². The fourth-order valence-corrected chi connectivity index (χ4v) is 3.48. The smallest absolute Gasteiger partial charge is 0.0729 e. The minimum atomic E-state index is 0.154. The highest BCUT2D eigenvalue weighted by molar-refractivity contribution is 4.90. The quantitative estimate of drug-likeness (QED) is 0.832. The Bertz CT molecular complexity index is 256. The molecule has 0 amide bonds. The average molecular weight is 269 g/mol. The first-order chi connectivity index (χ1) is 9.11. The van der Waals surface area contributed by atoms with Crippen LogP contribution in [0.1, 0.15) is 52.9 Å². The van der Waals surface area contributed by atoms with Crippen LogP contribution in [0, 0.1) is 11.8 Å². The molecule has 0 aliphatic carbocycles. The molecule has 2 heterocycles. The molecule has 0 aromatic carbocycles. The van der Waals surface area contributed by atoms with Crippen molar-refractivity contribution in [1.29, 1.82) is 0 Å². The predicted molar refractivity (Wildman–Crippen MR) is 78.4 cm³/mol. The van der Waals surface area contributed by atoms with Gasteiger partial charge in [-0.25, -0.2) is 0 Å². The Morgan fingerprint density at radius 3 is 2.58 bits per heavy atom. The predicted octanol–water partition coefficient (Wildman–Crippen LogP) is 2.99. The number of hydrogen-bond donors (Lipinski definition) is 1. The summed E-state index contributed by atoms with van der Waals surface area (Å²) < 4.78 is 11.6. The van der Waals surface area contributed by atoms with Crippen molar-refractivity contribution in [3.8, 4) is 0 Å². The Morgan fingerprint density at radius 2 is 1.89 bits per heavy atom. The second-order valence-corrected chi connectivity index (χ2v) is 6.77. The fraction of sp³-hybridized carbons (Fsp3) is 1.00. The second-order valence-electron chi connectivity index (χ2n) is 6.77. The molecule has 2 unspecified atom stereocenters. The van der Waals surface area contributed by atoms with Crippen LogP contribution in [0.15, 0.2) is 0 Å². The van der Waals surface area contributed by atoms with E-state index in [2.05, 4.69) is 26.1 Å². The van der Waals surface area contributed by atoms with E-state index in [4.69, 9.17) is 9.47 Å². The summed E-state index contributed by atoms with van der Waals surface area (Å²) in [5.41, 5.74) is 0.154. The van der Waals surface area contributed by atoms with Gasteiger partial charge in [-0.1, -0.05) is 20.8 Å². The first-order valence-electron chi connectivity index (χ1n) is 8.06. The monoisotopic (exact) mass is 269 g/mol. The van der Waals surface area contributed by atoms with Crippen molar-refractivity contribution in [3.63, 3.8) is 0 Å². The van der Waals surface area contributed by atoms with Gasteiger partial charge in [0.2, 0.25) is 0 Å². The zero-order valence-corrected chi connectivity index (χ0v) is 12.9. The maximum atomic E-state index is 6.13. The third kappa shape index (κ3) is 4.44. The minimum Gasteiger partial charge on any atom is -0.381 e. The first-order valence-corrected chi connectivity index (χ1v) is 8.06. The highest BCUT2D eigenvalue weighted by Gasteiger charge is 2.40. The largest absolute Gasteiger partial charge is 0.381 e. The summed E-state index contributed by atoms with van der Waals surface area (Å²) in [6.07, 6.45) is 5.97. The van der Waals surface area contributed by atoms with E-state index in [1.54, 1.807) is 0 Å². The second kappa shape index (κ2) is 7.05. The van der Waals surface area contributed by atoms with Crippen LogP contribution in [0.3, 0.4) is 0 Å². The Morgan fingerprint density at radius 1 is 1.16 bits per heavy atom. The van der Waals surface area contributed by atoms with E-state index in [0.29, 0.717) is 6.04 Å². The van der Waals surface area contributed by atoms with E-state index < -0.39 is 0 Å². The van der Waals surface area contributed by atoms with Crippen LogP contribution in [0.4, 0.5) is 0 Å². The lowest BCUT2D eigenvalue weighted by Crippen LogP contribution is -2.45. The minimum absolute atomic E-state index is 0.154. The van der Waals surface area contributed by atoms with Gasteiger partial charge in [0.05, 0.1) is 5.60 Å². The van der Waals surface area contributed by atoms with E-state index in [9.17, 15) is 0 Å². The van der Waals surface area contributed by atoms with Gasteiger partial charge in [0, 0.05) is 25.9 Å². The lowest BCUT2D eigenvalue weighted by Gasteiger charge is -2.45. The van der Waals surface area contributed by atoms with Crippen molar-refractivity contribution in [2.45, 2.75) is 64.5 Å². The Labute approximate surface area is 118 Å². The van der Waals surface area contributed by atoms with Crippen LogP contribution in [0.5, 0.6) is 0 Å². The highest BCUT2D eigenvalue weighted by Crippen LogP contribution is 2.40. The summed E-state index contributed by atoms with van der Waals surface area (Å²) in [6.45, 7) is 10.7. The molecule has 0 aromatic heterocycles. The van der Waals surface area contributed by atoms with Crippen molar-refractivity contribution in [2.24, 2.45) is 11.8 Å². The van der Waals surface area contributed by atoms with Crippen molar-refractivity contribution in [3.05, 3.63) is 0 Å². The number of nitrogens with one attached hydrogen (secondary N) is 1. The molecular weight excluding hydrogens is 238 g/mol. The lowest BCUT2D eigenvalue weighted by molar-refractivity contribution is -0.152. The van der Waals surface area contributed by atoms with Crippen LogP contribution >= 0.6 is 0 Å². The lowest BCUT2D eigenvalue weighted by atomic mass is 9.75. The summed E-state index contributed by atoms with van der Waals surface area (Å²) >= 11 is 0. The van der Waals surface area contributed by atoms with Gasteiger partial charge in [0.1, 0.15) is 0 Å². The Kier molecular flexibility index (Phi) is 5.67. The fourth-order valence-electron chi connectivity index (χ4n) is 3.48. The topological polar surface area (TPSA) is 30.5 Å². The molecule has 1 N–H and O–H groups in total. The van der Waals surface area contributed by atoms with Crippen LogP contribution in [0.25, 0.3) is 0 Å². The van der Waals surface area contributed by atoms with Gasteiger partial charge >= 0.3 is 0 Å². The number of ether oxygens (including phenoxy) is 2. The van der Waals surface area contributed by atoms with Crippen LogP contribution < -0.4 is 5.32 Å². The van der Waals surface area contributed by atoms with Crippen molar-refractivity contribution in [2.75, 3.05) is 26.4 Å². The third-order valence-electron chi connectivity index (χ3n) is 4.89. The number of rotatable bonds is 5. The molecule has 0 saturated carbocycles. The zero-order valence-electron chi connectivity index (χ0n) is 12.9. The summed E-state index contributed by atoms with van der Waals surface area (Å²) in [6, 6.07) is 0.601. The van der Waals surface area contributed by atoms with Crippen LogP contribution in [-0.2, 0) is 9.47 Å². The molecule has 3 heteroatoms. The van der Waals surface area contributed by atoms with Crippen molar-refractivity contribution < 1.29 is 9.47 Å². The van der Waals surface area contributed by atoms with E-state index in [1.165, 1.54) is 19.3 Å². The van der Waals surface area contributed by atoms with Gasteiger partial charge in [-0.15, -0.1) is 0 Å². The highest BCUT2D eigenvalue weighted by atomic mass is 16.5. The summed E-state index contributed by atoms with van der Waals surface area (Å²) in [7, 11) is 0. The normalized spacial score (nSPS) is 28.7. The summed E-state index contributed by atoms with van der Waals surface area (Å²) in [5, 5.41) is 3.54. The maximum absolute atomic E-state index is 6.13. The van der Waals surface area contributed by atoms with Crippen LogP contribution in [0.2, 0.25) is 0 Å². The molecule has 1 spiro atoms. The molecule has 2 fully saturated rings. The molecule has 0 bridgehead atoms. The molecule has 0 aromatic rings. The molecule has 2 saturated heterocycles. The van der Waals surface area contributed by atoms with E-state index in [1.807, 2.05) is 0 Å². The summed E-state index contributed by atoms with van der Waals surface area (Å²) in [4.78, 5) is 0. The van der Waals surface area contributed by atoms with Gasteiger partial charge < -0.3 is 14.8 Å². The zero-order chi connectivity index (χ0) is 13.7. The molecule has 2 aliphatic heterocycles. The van der Waals surface area contributed by atoms with E-state index in [-0.39, 0.29) is 5.60 Å². The van der Waals surface area contributed by atoms with Gasteiger partial charge in [0.25, 0.3) is 0 Å². The maximum Gasteiger partial charge on any atom is 0.0729 e. The standard InChI is InChI=1S/C16H31NO2/c1-13(2)17-8-4-14(3)15-5-9-19-16(12-15)6-10-18-11-7-16/h13-15,17H,4-12H2,1-3H3. The average Bonchev–Trinajstić information content (AvgIpc) is 2.39. The van der Waals surface area contributed by atoms with Gasteiger partial charge in [-0.2, -0.15) is 0 Å². The molecular formula is C16H31NO2. The van der Waals surface area contributed by atoms with Gasteiger partial charge in [0.15, 0.2) is 0 Å². The van der Waals surface area contributed by atoms with Gasteiger partial charge in [-0.05, 0) is 50.5 Å². The number of hydrogen-bond acceptors (Lipinski definition) is 3. The molecule has 2 atom stereocenters. The third-order valence-corrected chi connectivity index (χ3v) is 4.89. The Balaban J connectivity index is 1.79.